The summed E-state index contributed by atoms with van der Waals surface area (Å²) in [5.74, 6) is -0.257. The van der Waals surface area contributed by atoms with Gasteiger partial charge in [0.05, 0.1) is 12.3 Å². The maximum atomic E-state index is 12.6. The molecule has 4 rings (SSSR count). The molecule has 10 heteroatoms. The van der Waals surface area contributed by atoms with Crippen molar-refractivity contribution in [1.82, 2.24) is 20.8 Å². The van der Waals surface area contributed by atoms with Crippen LogP contribution in [-0.2, 0) is 14.3 Å². The van der Waals surface area contributed by atoms with Gasteiger partial charge in [-0.05, 0) is 67.1 Å². The zero-order chi connectivity index (χ0) is 23.3. The summed E-state index contributed by atoms with van der Waals surface area (Å²) in [7, 11) is 0. The van der Waals surface area contributed by atoms with Crippen molar-refractivity contribution in [3.63, 3.8) is 0 Å². The van der Waals surface area contributed by atoms with E-state index in [-0.39, 0.29) is 18.8 Å². The third kappa shape index (κ3) is 4.85. The molecule has 1 fully saturated rings. The smallest absolute Gasteiger partial charge is 0.328 e. The molecule has 1 saturated heterocycles. The zero-order valence-corrected chi connectivity index (χ0v) is 17.8. The number of amides is 4. The molecule has 0 spiro atoms. The van der Waals surface area contributed by atoms with Gasteiger partial charge < -0.3 is 14.2 Å². The SMILES string of the molecule is CCOCCC1(Oc2ccc(Oc3ccc(-c4ccn[nH]4)cc3)cc2)C(=O)NC(=O)NC1=O. The highest BCUT2D eigenvalue weighted by molar-refractivity contribution is 6.21. The van der Waals surface area contributed by atoms with Gasteiger partial charge in [-0.1, -0.05) is 0 Å². The second kappa shape index (κ2) is 9.53. The first-order valence-corrected chi connectivity index (χ1v) is 10.3. The fourth-order valence-electron chi connectivity index (χ4n) is 3.31. The molecule has 4 amide bonds. The minimum Gasteiger partial charge on any atom is -0.467 e. The van der Waals surface area contributed by atoms with Gasteiger partial charge in [0.15, 0.2) is 0 Å². The van der Waals surface area contributed by atoms with Gasteiger partial charge in [0.25, 0.3) is 17.4 Å². The lowest BCUT2D eigenvalue weighted by molar-refractivity contribution is -0.153. The van der Waals surface area contributed by atoms with Crippen molar-refractivity contribution in [3.8, 4) is 28.5 Å². The number of nitrogens with one attached hydrogen (secondary N) is 3. The van der Waals surface area contributed by atoms with Crippen molar-refractivity contribution in [2.75, 3.05) is 13.2 Å². The summed E-state index contributed by atoms with van der Waals surface area (Å²) >= 11 is 0. The largest absolute Gasteiger partial charge is 0.467 e. The second-order valence-corrected chi connectivity index (χ2v) is 7.18. The van der Waals surface area contributed by atoms with Crippen LogP contribution in [0.15, 0.2) is 60.8 Å². The molecule has 0 radical (unpaired) electrons. The summed E-state index contributed by atoms with van der Waals surface area (Å²) in [6, 6.07) is 14.9. The predicted molar refractivity (Wildman–Crippen MR) is 117 cm³/mol. The van der Waals surface area contributed by atoms with Crippen LogP contribution in [0, 0.1) is 0 Å². The fourth-order valence-corrected chi connectivity index (χ4v) is 3.31. The number of rotatable bonds is 9. The number of nitrogens with zero attached hydrogens (tertiary/aromatic N) is 1. The summed E-state index contributed by atoms with van der Waals surface area (Å²) in [5.41, 5.74) is -0.0456. The number of carbonyl (C=O) groups is 3. The number of benzene rings is 2. The van der Waals surface area contributed by atoms with Gasteiger partial charge in [0.2, 0.25) is 0 Å². The minimum atomic E-state index is -1.92. The van der Waals surface area contributed by atoms with Crippen LogP contribution in [0.4, 0.5) is 4.79 Å². The van der Waals surface area contributed by atoms with Crippen LogP contribution in [0.5, 0.6) is 17.2 Å². The van der Waals surface area contributed by atoms with Gasteiger partial charge in [-0.25, -0.2) is 4.79 Å². The molecule has 2 aromatic carbocycles. The average Bonchev–Trinajstić information content (AvgIpc) is 3.34. The van der Waals surface area contributed by atoms with Gasteiger partial charge in [-0.3, -0.25) is 25.3 Å². The minimum absolute atomic E-state index is 0.0628. The molecule has 1 aliphatic heterocycles. The first kappa shape index (κ1) is 22.0. The molecule has 0 saturated carbocycles. The number of imide groups is 2. The highest BCUT2D eigenvalue weighted by atomic mass is 16.5. The molecule has 0 bridgehead atoms. The molecular formula is C23H22N4O6. The van der Waals surface area contributed by atoms with Crippen LogP contribution in [-0.4, -0.2) is 46.9 Å². The monoisotopic (exact) mass is 450 g/mol. The maximum Gasteiger partial charge on any atom is 0.328 e. The van der Waals surface area contributed by atoms with E-state index in [2.05, 4.69) is 20.8 Å². The highest BCUT2D eigenvalue weighted by Crippen LogP contribution is 2.29. The number of hydrogen-bond donors (Lipinski definition) is 3. The van der Waals surface area contributed by atoms with E-state index in [1.165, 1.54) is 0 Å². The summed E-state index contributed by atoms with van der Waals surface area (Å²) in [4.78, 5) is 36.6. The van der Waals surface area contributed by atoms with E-state index < -0.39 is 23.4 Å². The molecule has 3 N–H and O–H groups in total. The molecule has 1 aliphatic rings. The first-order chi connectivity index (χ1) is 16.0. The average molecular weight is 450 g/mol. The van der Waals surface area contributed by atoms with Crippen molar-refractivity contribution >= 4 is 17.8 Å². The van der Waals surface area contributed by atoms with E-state index >= 15 is 0 Å². The quantitative estimate of drug-likeness (QED) is 0.337. The lowest BCUT2D eigenvalue weighted by atomic mass is 9.95. The summed E-state index contributed by atoms with van der Waals surface area (Å²) in [5, 5.41) is 11.0. The Balaban J connectivity index is 1.46. The number of carbonyl (C=O) groups excluding carboxylic acids is 3. The molecule has 0 unspecified atom stereocenters. The summed E-state index contributed by atoms with van der Waals surface area (Å²) < 4.78 is 16.9. The Bertz CT molecular complexity index is 1110. The Labute approximate surface area is 189 Å². The van der Waals surface area contributed by atoms with E-state index in [9.17, 15) is 14.4 Å². The number of aromatic amines is 1. The molecule has 10 nitrogen and oxygen atoms in total. The van der Waals surface area contributed by atoms with Gasteiger partial charge in [-0.15, -0.1) is 0 Å². The molecular weight excluding hydrogens is 428 g/mol. The summed E-state index contributed by atoms with van der Waals surface area (Å²) in [6.45, 7) is 2.30. The van der Waals surface area contributed by atoms with Crippen LogP contribution >= 0.6 is 0 Å². The molecule has 170 valence electrons. The number of hydrogen-bond acceptors (Lipinski definition) is 7. The standard InChI is InChI=1S/C23H22N4O6/c1-2-31-14-12-23(20(28)25-22(30)26-21(23)29)33-18-9-7-17(8-10-18)32-16-5-3-15(4-6-16)19-11-13-24-27-19/h3-11,13H,2,12,14H2,1H3,(H,24,27)(H2,25,26,28,29,30). The van der Waals surface area contributed by atoms with E-state index in [0.717, 1.165) is 11.3 Å². The van der Waals surface area contributed by atoms with Crippen LogP contribution < -0.4 is 20.1 Å². The maximum absolute atomic E-state index is 12.6. The Morgan fingerprint density at radius 2 is 1.45 bits per heavy atom. The number of urea groups is 1. The Morgan fingerprint density at radius 1 is 0.848 bits per heavy atom. The van der Waals surface area contributed by atoms with E-state index in [1.807, 2.05) is 30.3 Å². The van der Waals surface area contributed by atoms with Crippen molar-refractivity contribution in [2.24, 2.45) is 0 Å². The number of H-pyrrole nitrogens is 1. The zero-order valence-electron chi connectivity index (χ0n) is 17.8. The van der Waals surface area contributed by atoms with Crippen LogP contribution in [0.2, 0.25) is 0 Å². The first-order valence-electron chi connectivity index (χ1n) is 10.3. The summed E-state index contributed by atoms with van der Waals surface area (Å²) in [6.07, 6.45) is 1.62. The van der Waals surface area contributed by atoms with E-state index in [4.69, 9.17) is 14.2 Å². The Kier molecular flexibility index (Phi) is 6.36. The molecule has 0 aliphatic carbocycles. The van der Waals surface area contributed by atoms with E-state index in [0.29, 0.717) is 18.1 Å². The Morgan fingerprint density at radius 3 is 2.03 bits per heavy atom. The van der Waals surface area contributed by atoms with Crippen molar-refractivity contribution < 1.29 is 28.6 Å². The molecule has 3 aromatic rings. The van der Waals surface area contributed by atoms with Gasteiger partial charge in [0.1, 0.15) is 17.2 Å². The number of aromatic nitrogens is 2. The predicted octanol–water partition coefficient (Wildman–Crippen LogP) is 2.78. The Hall–Kier alpha value is -4.18. The van der Waals surface area contributed by atoms with Gasteiger partial charge in [0, 0.05) is 19.2 Å². The number of barbiturate groups is 1. The van der Waals surface area contributed by atoms with Gasteiger partial charge in [-0.2, -0.15) is 5.10 Å². The molecule has 2 heterocycles. The van der Waals surface area contributed by atoms with Gasteiger partial charge >= 0.3 is 6.03 Å². The van der Waals surface area contributed by atoms with Crippen LogP contribution in [0.25, 0.3) is 11.3 Å². The highest BCUT2D eigenvalue weighted by Gasteiger charge is 2.52. The van der Waals surface area contributed by atoms with Crippen LogP contribution in [0.3, 0.4) is 0 Å². The lowest BCUT2D eigenvalue weighted by Crippen LogP contribution is -2.69. The van der Waals surface area contributed by atoms with Crippen molar-refractivity contribution in [3.05, 3.63) is 60.8 Å². The van der Waals surface area contributed by atoms with Crippen molar-refractivity contribution in [1.29, 1.82) is 0 Å². The molecule has 1 aromatic heterocycles. The molecule has 0 atom stereocenters. The van der Waals surface area contributed by atoms with Crippen molar-refractivity contribution in [2.45, 2.75) is 18.9 Å². The van der Waals surface area contributed by atoms with Crippen LogP contribution in [0.1, 0.15) is 13.3 Å². The second-order valence-electron chi connectivity index (χ2n) is 7.18. The molecule has 33 heavy (non-hydrogen) atoms. The number of ether oxygens (including phenoxy) is 3. The topological polar surface area (TPSA) is 132 Å². The normalized spacial score (nSPS) is 15.0. The fraction of sp³-hybridized carbons (Fsp3) is 0.217. The van der Waals surface area contributed by atoms with E-state index in [1.54, 1.807) is 37.4 Å². The third-order valence-electron chi connectivity index (χ3n) is 5.01. The third-order valence-corrected chi connectivity index (χ3v) is 5.01. The lowest BCUT2D eigenvalue weighted by Gasteiger charge is -2.34.